The highest BCUT2D eigenvalue weighted by molar-refractivity contribution is 5.91. The molecular weight excluding hydrogens is 240 g/mol. The molecule has 106 valence electrons. The van der Waals surface area contributed by atoms with Gasteiger partial charge in [-0.1, -0.05) is 20.8 Å². The van der Waals surface area contributed by atoms with Crippen molar-refractivity contribution in [2.75, 3.05) is 24.5 Å². The van der Waals surface area contributed by atoms with Gasteiger partial charge in [-0.15, -0.1) is 0 Å². The number of anilines is 1. The van der Waals surface area contributed by atoms with Gasteiger partial charge in [0.2, 0.25) is 0 Å². The van der Waals surface area contributed by atoms with Gasteiger partial charge < -0.3 is 10.2 Å². The maximum Gasteiger partial charge on any atom is 0.271 e. The van der Waals surface area contributed by atoms with Crippen molar-refractivity contribution in [3.63, 3.8) is 0 Å². The standard InChI is InChI=1S/C14H24N4O/c1-4-7-15-14(19)12-10-17-13(11-16-12)18(8-5-2)9-6-3/h10-11H,4-9H2,1-3H3,(H,15,19). The number of rotatable bonds is 8. The van der Waals surface area contributed by atoms with Crippen LogP contribution in [0.3, 0.4) is 0 Å². The number of amides is 1. The van der Waals surface area contributed by atoms with E-state index in [1.165, 1.54) is 0 Å². The fraction of sp³-hybridized carbons (Fsp3) is 0.643. The molecule has 1 amide bonds. The molecule has 0 aliphatic rings. The predicted molar refractivity (Wildman–Crippen MR) is 77.5 cm³/mol. The molecule has 0 radical (unpaired) electrons. The van der Waals surface area contributed by atoms with Crippen LogP contribution in [0.1, 0.15) is 50.5 Å². The molecule has 0 fully saturated rings. The van der Waals surface area contributed by atoms with Crippen molar-refractivity contribution < 1.29 is 4.79 Å². The molecule has 0 bridgehead atoms. The summed E-state index contributed by atoms with van der Waals surface area (Å²) in [5.74, 6) is 0.689. The van der Waals surface area contributed by atoms with Crippen LogP contribution < -0.4 is 10.2 Å². The van der Waals surface area contributed by atoms with Crippen LogP contribution in [0.2, 0.25) is 0 Å². The Labute approximate surface area is 115 Å². The van der Waals surface area contributed by atoms with Crippen molar-refractivity contribution in [2.24, 2.45) is 0 Å². The zero-order valence-electron chi connectivity index (χ0n) is 12.1. The molecule has 0 spiro atoms. The molecule has 0 unspecified atom stereocenters. The van der Waals surface area contributed by atoms with Gasteiger partial charge in [-0.25, -0.2) is 9.97 Å². The molecule has 5 heteroatoms. The van der Waals surface area contributed by atoms with E-state index in [0.717, 1.165) is 38.2 Å². The second-order valence-electron chi connectivity index (χ2n) is 4.50. The van der Waals surface area contributed by atoms with Crippen molar-refractivity contribution in [1.82, 2.24) is 15.3 Å². The Morgan fingerprint density at radius 1 is 1.11 bits per heavy atom. The summed E-state index contributed by atoms with van der Waals surface area (Å²) < 4.78 is 0. The smallest absolute Gasteiger partial charge is 0.271 e. The summed E-state index contributed by atoms with van der Waals surface area (Å²) in [6, 6.07) is 0. The van der Waals surface area contributed by atoms with Crippen LogP contribution in [0, 0.1) is 0 Å². The van der Waals surface area contributed by atoms with E-state index >= 15 is 0 Å². The summed E-state index contributed by atoms with van der Waals surface area (Å²) in [7, 11) is 0. The van der Waals surface area contributed by atoms with Crippen LogP contribution in [0.15, 0.2) is 12.4 Å². The Kier molecular flexibility index (Phi) is 6.85. The molecule has 0 aliphatic carbocycles. The Hall–Kier alpha value is -1.65. The van der Waals surface area contributed by atoms with E-state index in [1.807, 2.05) is 6.92 Å². The van der Waals surface area contributed by atoms with Gasteiger partial charge in [-0.05, 0) is 19.3 Å². The fourth-order valence-electron chi connectivity index (χ4n) is 1.81. The second kappa shape index (κ2) is 8.45. The lowest BCUT2D eigenvalue weighted by Crippen LogP contribution is -2.28. The number of hydrogen-bond donors (Lipinski definition) is 1. The van der Waals surface area contributed by atoms with E-state index in [1.54, 1.807) is 12.4 Å². The average Bonchev–Trinajstić information content (AvgIpc) is 2.44. The predicted octanol–water partition coefficient (Wildman–Crippen LogP) is 2.24. The van der Waals surface area contributed by atoms with Crippen molar-refractivity contribution >= 4 is 11.7 Å². The maximum atomic E-state index is 11.7. The summed E-state index contributed by atoms with van der Waals surface area (Å²) in [6.45, 7) is 8.89. The minimum atomic E-state index is -0.154. The zero-order chi connectivity index (χ0) is 14.1. The Bertz CT molecular complexity index is 372. The lowest BCUT2D eigenvalue weighted by Gasteiger charge is -2.22. The van der Waals surface area contributed by atoms with Crippen molar-refractivity contribution in [2.45, 2.75) is 40.0 Å². The zero-order valence-corrected chi connectivity index (χ0v) is 12.1. The molecule has 1 aromatic rings. The van der Waals surface area contributed by atoms with Crippen LogP contribution in [0.25, 0.3) is 0 Å². The maximum absolute atomic E-state index is 11.7. The molecule has 0 aliphatic heterocycles. The minimum Gasteiger partial charge on any atom is -0.355 e. The second-order valence-corrected chi connectivity index (χ2v) is 4.50. The van der Waals surface area contributed by atoms with Gasteiger partial charge in [-0.2, -0.15) is 0 Å². The molecule has 1 N–H and O–H groups in total. The van der Waals surface area contributed by atoms with Gasteiger partial charge in [-0.3, -0.25) is 4.79 Å². The third-order valence-corrected chi connectivity index (χ3v) is 2.72. The first kappa shape index (κ1) is 15.4. The first-order valence-electron chi connectivity index (χ1n) is 7.08. The molecule has 1 heterocycles. The molecular formula is C14H24N4O. The number of carbonyl (C=O) groups excluding carboxylic acids is 1. The van der Waals surface area contributed by atoms with Crippen LogP contribution in [0.4, 0.5) is 5.82 Å². The number of nitrogens with zero attached hydrogens (tertiary/aromatic N) is 3. The van der Waals surface area contributed by atoms with Crippen molar-refractivity contribution in [1.29, 1.82) is 0 Å². The highest BCUT2D eigenvalue weighted by Gasteiger charge is 2.10. The SMILES string of the molecule is CCCNC(=O)c1cnc(N(CCC)CCC)cn1. The van der Waals surface area contributed by atoms with Gasteiger partial charge in [0.05, 0.1) is 12.4 Å². The van der Waals surface area contributed by atoms with Crippen molar-refractivity contribution in [3.05, 3.63) is 18.1 Å². The summed E-state index contributed by atoms with van der Waals surface area (Å²) in [4.78, 5) is 22.5. The van der Waals surface area contributed by atoms with E-state index in [0.29, 0.717) is 12.2 Å². The van der Waals surface area contributed by atoms with E-state index in [4.69, 9.17) is 0 Å². The lowest BCUT2D eigenvalue weighted by atomic mass is 10.3. The number of hydrogen-bond acceptors (Lipinski definition) is 4. The number of aromatic nitrogens is 2. The van der Waals surface area contributed by atoms with E-state index in [9.17, 15) is 4.79 Å². The molecule has 0 aromatic carbocycles. The van der Waals surface area contributed by atoms with Gasteiger partial charge in [0.1, 0.15) is 11.5 Å². The molecule has 19 heavy (non-hydrogen) atoms. The number of carbonyl (C=O) groups is 1. The Morgan fingerprint density at radius 3 is 2.26 bits per heavy atom. The van der Waals surface area contributed by atoms with E-state index in [-0.39, 0.29) is 5.91 Å². The fourth-order valence-corrected chi connectivity index (χ4v) is 1.81. The normalized spacial score (nSPS) is 10.3. The van der Waals surface area contributed by atoms with Crippen LogP contribution >= 0.6 is 0 Å². The van der Waals surface area contributed by atoms with Gasteiger partial charge >= 0.3 is 0 Å². The molecule has 0 saturated heterocycles. The topological polar surface area (TPSA) is 58.1 Å². The first-order chi connectivity index (χ1) is 9.22. The van der Waals surface area contributed by atoms with E-state index < -0.39 is 0 Å². The van der Waals surface area contributed by atoms with E-state index in [2.05, 4.69) is 34.0 Å². The largest absolute Gasteiger partial charge is 0.355 e. The van der Waals surface area contributed by atoms with Gasteiger partial charge in [0.25, 0.3) is 5.91 Å². The molecule has 5 nitrogen and oxygen atoms in total. The molecule has 0 atom stereocenters. The lowest BCUT2D eigenvalue weighted by molar-refractivity contribution is 0.0948. The summed E-state index contributed by atoms with van der Waals surface area (Å²) >= 11 is 0. The highest BCUT2D eigenvalue weighted by atomic mass is 16.1. The Balaban J connectivity index is 2.70. The third kappa shape index (κ3) is 4.85. The Morgan fingerprint density at radius 2 is 1.79 bits per heavy atom. The summed E-state index contributed by atoms with van der Waals surface area (Å²) in [5, 5.41) is 2.79. The molecule has 1 rings (SSSR count). The first-order valence-corrected chi connectivity index (χ1v) is 7.08. The number of nitrogens with one attached hydrogen (secondary N) is 1. The van der Waals surface area contributed by atoms with Crippen LogP contribution in [-0.4, -0.2) is 35.5 Å². The van der Waals surface area contributed by atoms with Crippen LogP contribution in [-0.2, 0) is 0 Å². The monoisotopic (exact) mass is 264 g/mol. The molecule has 0 saturated carbocycles. The van der Waals surface area contributed by atoms with Gasteiger partial charge in [0.15, 0.2) is 0 Å². The summed E-state index contributed by atoms with van der Waals surface area (Å²) in [5.41, 5.74) is 0.380. The molecule has 1 aromatic heterocycles. The summed E-state index contributed by atoms with van der Waals surface area (Å²) in [6.07, 6.45) is 6.30. The highest BCUT2D eigenvalue weighted by Crippen LogP contribution is 2.10. The quantitative estimate of drug-likeness (QED) is 0.782. The third-order valence-electron chi connectivity index (χ3n) is 2.72. The van der Waals surface area contributed by atoms with Crippen LogP contribution in [0.5, 0.6) is 0 Å². The average molecular weight is 264 g/mol. The van der Waals surface area contributed by atoms with Gasteiger partial charge in [0, 0.05) is 19.6 Å². The van der Waals surface area contributed by atoms with Crippen molar-refractivity contribution in [3.8, 4) is 0 Å². The minimum absolute atomic E-state index is 0.154.